The van der Waals surface area contributed by atoms with Crippen LogP contribution in [0.15, 0.2) is 68.6 Å². The quantitative estimate of drug-likeness (QED) is 0.344. The number of nitro groups is 1. The monoisotopic (exact) mass is 415 g/mol. The van der Waals surface area contributed by atoms with E-state index < -0.39 is 4.92 Å². The zero-order chi connectivity index (χ0) is 18.5. The van der Waals surface area contributed by atoms with Crippen molar-refractivity contribution in [3.8, 4) is 17.1 Å². The smallest absolute Gasteiger partial charge is 0.273 e. The molecule has 0 aliphatic carbocycles. The number of halogens is 1. The van der Waals surface area contributed by atoms with Gasteiger partial charge in [0.2, 0.25) is 0 Å². The van der Waals surface area contributed by atoms with Crippen LogP contribution in [-0.2, 0) is 0 Å². The Morgan fingerprint density at radius 1 is 1.19 bits per heavy atom. The molecular weight excluding hydrogens is 402 g/mol. The Morgan fingerprint density at radius 3 is 2.65 bits per heavy atom. The van der Waals surface area contributed by atoms with Crippen molar-refractivity contribution in [2.45, 2.75) is 0 Å². The van der Waals surface area contributed by atoms with Crippen LogP contribution in [0.4, 0.5) is 11.4 Å². The van der Waals surface area contributed by atoms with Gasteiger partial charge in [0.25, 0.3) is 5.69 Å². The molecule has 3 aromatic rings. The standard InChI is InChI=1S/C18H14BrN3O4/c1-25-18-10-14(22(23)24)6-8-16(18)17-9-7-15(26-17)11-20-21-13-4-2-12(19)3-5-13/h2-11,21H,1H3/b20-11-. The van der Waals surface area contributed by atoms with Gasteiger partial charge in [0.15, 0.2) is 0 Å². The van der Waals surface area contributed by atoms with Crippen molar-refractivity contribution >= 4 is 33.5 Å². The zero-order valence-electron chi connectivity index (χ0n) is 13.7. The van der Waals surface area contributed by atoms with Gasteiger partial charge in [-0.2, -0.15) is 5.10 Å². The first-order valence-corrected chi connectivity index (χ1v) is 8.33. The molecular formula is C18H14BrN3O4. The van der Waals surface area contributed by atoms with E-state index in [1.165, 1.54) is 19.2 Å². The predicted octanol–water partition coefficient (Wildman–Crippen LogP) is 5.07. The Balaban J connectivity index is 1.76. The molecule has 1 heterocycles. The fourth-order valence-corrected chi connectivity index (χ4v) is 2.52. The molecule has 0 unspecified atom stereocenters. The average molecular weight is 416 g/mol. The molecule has 2 aromatic carbocycles. The maximum atomic E-state index is 10.9. The van der Waals surface area contributed by atoms with Crippen LogP contribution < -0.4 is 10.2 Å². The fourth-order valence-electron chi connectivity index (χ4n) is 2.26. The molecule has 0 aliphatic rings. The van der Waals surface area contributed by atoms with E-state index in [0.717, 1.165) is 10.2 Å². The third-order valence-corrected chi connectivity index (χ3v) is 4.05. The highest BCUT2D eigenvalue weighted by Crippen LogP contribution is 2.34. The molecule has 0 spiro atoms. The minimum absolute atomic E-state index is 0.0439. The Kier molecular flexibility index (Phi) is 5.33. The molecule has 26 heavy (non-hydrogen) atoms. The van der Waals surface area contributed by atoms with Crippen molar-refractivity contribution < 1.29 is 14.1 Å². The topological polar surface area (TPSA) is 89.9 Å². The molecule has 1 N–H and O–H groups in total. The van der Waals surface area contributed by atoms with Crippen LogP contribution in [0.2, 0.25) is 0 Å². The van der Waals surface area contributed by atoms with Crippen molar-refractivity contribution in [1.29, 1.82) is 0 Å². The number of anilines is 1. The van der Waals surface area contributed by atoms with E-state index in [2.05, 4.69) is 26.5 Å². The summed E-state index contributed by atoms with van der Waals surface area (Å²) in [6, 6.07) is 15.5. The molecule has 1 aromatic heterocycles. The van der Waals surface area contributed by atoms with Gasteiger partial charge >= 0.3 is 0 Å². The number of non-ortho nitro benzene ring substituents is 1. The van der Waals surface area contributed by atoms with Gasteiger partial charge in [-0.1, -0.05) is 15.9 Å². The summed E-state index contributed by atoms with van der Waals surface area (Å²) in [6.07, 6.45) is 1.55. The predicted molar refractivity (Wildman–Crippen MR) is 103 cm³/mol. The highest BCUT2D eigenvalue weighted by Gasteiger charge is 2.15. The lowest BCUT2D eigenvalue weighted by molar-refractivity contribution is -0.384. The van der Waals surface area contributed by atoms with Crippen LogP contribution in [-0.4, -0.2) is 18.2 Å². The number of hydrogen-bond donors (Lipinski definition) is 1. The lowest BCUT2D eigenvalue weighted by Gasteiger charge is -2.05. The Labute approximate surface area is 157 Å². The minimum atomic E-state index is -0.472. The third-order valence-electron chi connectivity index (χ3n) is 3.52. The molecule has 7 nitrogen and oxygen atoms in total. The molecule has 0 saturated heterocycles. The summed E-state index contributed by atoms with van der Waals surface area (Å²) in [5.41, 5.74) is 4.32. The highest BCUT2D eigenvalue weighted by molar-refractivity contribution is 9.10. The van der Waals surface area contributed by atoms with Crippen molar-refractivity contribution in [3.05, 3.63) is 74.9 Å². The van der Waals surface area contributed by atoms with Crippen molar-refractivity contribution in [1.82, 2.24) is 0 Å². The van der Waals surface area contributed by atoms with E-state index in [1.807, 2.05) is 24.3 Å². The molecule has 0 amide bonds. The van der Waals surface area contributed by atoms with E-state index in [1.54, 1.807) is 24.4 Å². The number of methoxy groups -OCH3 is 1. The molecule has 0 fully saturated rings. The summed E-state index contributed by atoms with van der Waals surface area (Å²) in [6.45, 7) is 0. The fraction of sp³-hybridized carbons (Fsp3) is 0.0556. The van der Waals surface area contributed by atoms with Gasteiger partial charge in [-0.25, -0.2) is 0 Å². The van der Waals surface area contributed by atoms with Gasteiger partial charge in [-0.05, 0) is 42.5 Å². The first-order chi connectivity index (χ1) is 12.6. The molecule has 132 valence electrons. The highest BCUT2D eigenvalue weighted by atomic mass is 79.9. The second-order valence-corrected chi connectivity index (χ2v) is 6.14. The van der Waals surface area contributed by atoms with Gasteiger partial charge in [-0.15, -0.1) is 0 Å². The van der Waals surface area contributed by atoms with E-state index >= 15 is 0 Å². The van der Waals surface area contributed by atoms with Crippen LogP contribution in [0.1, 0.15) is 5.76 Å². The summed E-state index contributed by atoms with van der Waals surface area (Å²) in [5, 5.41) is 15.0. The van der Waals surface area contributed by atoms with Crippen LogP contribution in [0.25, 0.3) is 11.3 Å². The Morgan fingerprint density at radius 2 is 1.96 bits per heavy atom. The number of hydrogen-bond acceptors (Lipinski definition) is 6. The number of nitro benzene ring substituents is 1. The third kappa shape index (κ3) is 4.09. The maximum Gasteiger partial charge on any atom is 0.273 e. The summed E-state index contributed by atoms with van der Waals surface area (Å²) >= 11 is 3.37. The van der Waals surface area contributed by atoms with Gasteiger partial charge in [0.05, 0.1) is 35.6 Å². The Bertz CT molecular complexity index is 951. The van der Waals surface area contributed by atoms with Gasteiger partial charge in [0, 0.05) is 10.5 Å². The number of ether oxygens (including phenoxy) is 1. The maximum absolute atomic E-state index is 10.9. The summed E-state index contributed by atoms with van der Waals surface area (Å²) < 4.78 is 11.9. The largest absolute Gasteiger partial charge is 0.496 e. The molecule has 3 rings (SSSR count). The van der Waals surface area contributed by atoms with Gasteiger partial charge < -0.3 is 9.15 Å². The SMILES string of the molecule is COc1cc([N+](=O)[O-])ccc1-c1ccc(/C=N\Nc2ccc(Br)cc2)o1. The second-order valence-electron chi connectivity index (χ2n) is 5.22. The zero-order valence-corrected chi connectivity index (χ0v) is 15.3. The molecule has 0 bridgehead atoms. The van der Waals surface area contributed by atoms with E-state index in [4.69, 9.17) is 9.15 Å². The summed E-state index contributed by atoms with van der Waals surface area (Å²) in [7, 11) is 1.45. The molecule has 8 heteroatoms. The van der Waals surface area contributed by atoms with Crippen LogP contribution in [0, 0.1) is 10.1 Å². The first kappa shape index (κ1) is 17.7. The van der Waals surface area contributed by atoms with Crippen molar-refractivity contribution in [3.63, 3.8) is 0 Å². The van der Waals surface area contributed by atoms with Crippen LogP contribution in [0.5, 0.6) is 5.75 Å². The van der Waals surface area contributed by atoms with E-state index in [9.17, 15) is 10.1 Å². The lowest BCUT2D eigenvalue weighted by Crippen LogP contribution is -1.92. The summed E-state index contributed by atoms with van der Waals surface area (Å²) in [5.74, 6) is 1.43. The number of hydrazone groups is 1. The van der Waals surface area contributed by atoms with Gasteiger partial charge in [0.1, 0.15) is 17.3 Å². The van der Waals surface area contributed by atoms with Gasteiger partial charge in [-0.3, -0.25) is 15.5 Å². The normalized spacial score (nSPS) is 10.8. The number of nitrogens with one attached hydrogen (secondary N) is 1. The number of benzene rings is 2. The summed E-state index contributed by atoms with van der Waals surface area (Å²) in [4.78, 5) is 10.4. The molecule has 0 saturated carbocycles. The number of furan rings is 1. The molecule has 0 radical (unpaired) electrons. The van der Waals surface area contributed by atoms with E-state index in [0.29, 0.717) is 22.8 Å². The van der Waals surface area contributed by atoms with Crippen LogP contribution in [0.3, 0.4) is 0 Å². The second kappa shape index (κ2) is 7.83. The first-order valence-electron chi connectivity index (χ1n) is 7.54. The van der Waals surface area contributed by atoms with Crippen molar-refractivity contribution in [2.24, 2.45) is 5.10 Å². The van der Waals surface area contributed by atoms with Crippen molar-refractivity contribution in [2.75, 3.05) is 12.5 Å². The minimum Gasteiger partial charge on any atom is -0.496 e. The Hall–Kier alpha value is -3.13. The average Bonchev–Trinajstić information content (AvgIpc) is 3.11. The molecule has 0 aliphatic heterocycles. The van der Waals surface area contributed by atoms with Crippen LogP contribution >= 0.6 is 15.9 Å². The molecule has 0 atom stereocenters. The lowest BCUT2D eigenvalue weighted by atomic mass is 10.1. The number of nitrogens with zero attached hydrogens (tertiary/aromatic N) is 2. The number of rotatable bonds is 6. The van der Waals surface area contributed by atoms with E-state index in [-0.39, 0.29) is 5.69 Å².